The van der Waals surface area contributed by atoms with E-state index in [2.05, 4.69) is 130 Å². The number of carbonyl (C=O) groups is 3. The number of esters is 3. The second kappa shape index (κ2) is 62.6. The quantitative estimate of drug-likeness (QED) is 0.0261. The van der Waals surface area contributed by atoms with Crippen molar-refractivity contribution in [2.75, 3.05) is 13.2 Å². The summed E-state index contributed by atoms with van der Waals surface area (Å²) in [5.41, 5.74) is 0. The predicted octanol–water partition coefficient (Wildman–Crippen LogP) is 21.4. The zero-order valence-electron chi connectivity index (χ0n) is 49.0. The normalized spacial score (nSPS) is 12.8. The summed E-state index contributed by atoms with van der Waals surface area (Å²) in [6, 6.07) is 0. The molecule has 1 unspecified atom stereocenters. The zero-order valence-corrected chi connectivity index (χ0v) is 49.0. The lowest BCUT2D eigenvalue weighted by Gasteiger charge is -2.18. The van der Waals surface area contributed by atoms with E-state index in [0.29, 0.717) is 19.3 Å². The van der Waals surface area contributed by atoms with Gasteiger partial charge in [0.25, 0.3) is 0 Å². The second-order valence-corrected chi connectivity index (χ2v) is 20.5. The van der Waals surface area contributed by atoms with Gasteiger partial charge in [0.2, 0.25) is 0 Å². The van der Waals surface area contributed by atoms with Crippen LogP contribution in [0.25, 0.3) is 0 Å². The average molecular weight is 1040 g/mol. The fraction of sp³-hybridized carbons (Fsp3) is 0.696. The van der Waals surface area contributed by atoms with Crippen LogP contribution in [0.4, 0.5) is 0 Å². The van der Waals surface area contributed by atoms with Crippen molar-refractivity contribution in [2.45, 2.75) is 297 Å². The average Bonchev–Trinajstić information content (AvgIpc) is 3.41. The third kappa shape index (κ3) is 60.8. The maximum absolute atomic E-state index is 12.9. The highest BCUT2D eigenvalue weighted by Gasteiger charge is 2.19. The first-order valence-electron chi connectivity index (χ1n) is 31.4. The third-order valence-electron chi connectivity index (χ3n) is 13.2. The summed E-state index contributed by atoms with van der Waals surface area (Å²) in [6.07, 6.45) is 85.3. The number of ether oxygens (including phenoxy) is 3. The first kappa shape index (κ1) is 71.1. The SMILES string of the molecule is CC/C=C\C/C=C\C/C=C\C/C=C\C/C=C\CCCCCCCC(=O)OC(COC(=O)CCCCC/C=C\C/C=C\C/C=C\CC)COC(=O)CCCCCCCCCCCCC/C=C\CCCCCCCCCC. The number of carbonyl (C=O) groups excluding carboxylic acids is 3. The Kier molecular flexibility index (Phi) is 59.3. The minimum Gasteiger partial charge on any atom is -0.462 e. The molecule has 75 heavy (non-hydrogen) atoms. The summed E-state index contributed by atoms with van der Waals surface area (Å²) in [5.74, 6) is -0.942. The van der Waals surface area contributed by atoms with E-state index >= 15 is 0 Å². The predicted molar refractivity (Wildman–Crippen MR) is 325 cm³/mol. The number of unbranched alkanes of at least 4 members (excludes halogenated alkanes) is 27. The van der Waals surface area contributed by atoms with E-state index in [4.69, 9.17) is 14.2 Å². The van der Waals surface area contributed by atoms with Gasteiger partial charge in [-0.25, -0.2) is 0 Å². The molecule has 0 N–H and O–H groups in total. The lowest BCUT2D eigenvalue weighted by molar-refractivity contribution is -0.167. The van der Waals surface area contributed by atoms with Gasteiger partial charge in [-0.15, -0.1) is 0 Å². The standard InChI is InChI=1S/C69H116O6/c1-4-7-10-13-16-19-22-25-27-29-31-33-34-36-37-39-41-44-47-50-53-56-59-62-68(71)74-65-66(64-73-67(70)61-58-55-52-49-46-43-24-21-18-15-12-9-6-3)75-69(72)63-60-57-54-51-48-45-42-40-38-35-32-30-28-26-23-20-17-14-11-8-5-2/h8-9,11-12,17-18,20-21,26,28-29,31-32,35,40,42-43,46,66H,4-7,10,13-16,19,22-25,27,30,33-34,36-39,41,44-45,47-65H2,1-3H3/b11-8-,12-9-,20-17-,21-18-,28-26-,31-29-,35-32-,42-40-,46-43-. The Bertz CT molecular complexity index is 1520. The Balaban J connectivity index is 4.39. The van der Waals surface area contributed by atoms with Crippen molar-refractivity contribution < 1.29 is 28.6 Å². The van der Waals surface area contributed by atoms with Crippen LogP contribution < -0.4 is 0 Å². The van der Waals surface area contributed by atoms with Crippen LogP contribution in [-0.4, -0.2) is 37.2 Å². The summed E-state index contributed by atoms with van der Waals surface area (Å²) < 4.78 is 16.9. The van der Waals surface area contributed by atoms with Crippen LogP contribution in [0, 0.1) is 0 Å². The molecule has 0 fully saturated rings. The molecular weight excluding hydrogens is 925 g/mol. The van der Waals surface area contributed by atoms with Crippen molar-refractivity contribution >= 4 is 17.9 Å². The molecule has 0 aliphatic heterocycles. The number of rotatable bonds is 56. The molecule has 0 spiro atoms. The summed E-state index contributed by atoms with van der Waals surface area (Å²) in [5, 5.41) is 0. The Morgan fingerprint density at radius 2 is 0.520 bits per heavy atom. The number of hydrogen-bond donors (Lipinski definition) is 0. The van der Waals surface area contributed by atoms with E-state index in [0.717, 1.165) is 135 Å². The highest BCUT2D eigenvalue weighted by atomic mass is 16.6. The largest absolute Gasteiger partial charge is 0.462 e. The molecule has 0 heterocycles. The summed E-state index contributed by atoms with van der Waals surface area (Å²) in [6.45, 7) is 6.39. The molecule has 0 saturated heterocycles. The summed E-state index contributed by atoms with van der Waals surface area (Å²) >= 11 is 0. The van der Waals surface area contributed by atoms with Gasteiger partial charge in [-0.05, 0) is 122 Å². The molecule has 0 aliphatic carbocycles. The van der Waals surface area contributed by atoms with E-state index in [9.17, 15) is 14.4 Å². The van der Waals surface area contributed by atoms with Crippen molar-refractivity contribution in [1.82, 2.24) is 0 Å². The molecule has 0 amide bonds. The lowest BCUT2D eigenvalue weighted by Crippen LogP contribution is -2.30. The molecule has 0 aromatic rings. The zero-order chi connectivity index (χ0) is 54.3. The summed E-state index contributed by atoms with van der Waals surface area (Å²) in [4.78, 5) is 38.3. The molecule has 0 aliphatic rings. The minimum atomic E-state index is -0.804. The minimum absolute atomic E-state index is 0.0966. The van der Waals surface area contributed by atoms with Crippen LogP contribution in [0.15, 0.2) is 109 Å². The van der Waals surface area contributed by atoms with Crippen molar-refractivity contribution in [2.24, 2.45) is 0 Å². The van der Waals surface area contributed by atoms with Crippen LogP contribution in [0.5, 0.6) is 0 Å². The monoisotopic (exact) mass is 1040 g/mol. The van der Waals surface area contributed by atoms with E-state index in [1.807, 2.05) is 0 Å². The van der Waals surface area contributed by atoms with Gasteiger partial charge >= 0.3 is 17.9 Å². The molecule has 0 rings (SSSR count). The molecule has 0 bridgehead atoms. The molecule has 6 nitrogen and oxygen atoms in total. The maximum Gasteiger partial charge on any atom is 0.306 e. The van der Waals surface area contributed by atoms with Crippen LogP contribution >= 0.6 is 0 Å². The molecular formula is C69H116O6. The van der Waals surface area contributed by atoms with Gasteiger partial charge in [0, 0.05) is 19.3 Å². The first-order valence-corrected chi connectivity index (χ1v) is 31.4. The van der Waals surface area contributed by atoms with Gasteiger partial charge in [0.15, 0.2) is 6.10 Å². The Hall–Kier alpha value is -3.93. The van der Waals surface area contributed by atoms with Crippen molar-refractivity contribution in [3.8, 4) is 0 Å². The second-order valence-electron chi connectivity index (χ2n) is 20.5. The Morgan fingerprint density at radius 1 is 0.280 bits per heavy atom. The molecule has 1 atom stereocenters. The fourth-order valence-electron chi connectivity index (χ4n) is 8.60. The Morgan fingerprint density at radius 3 is 0.840 bits per heavy atom. The van der Waals surface area contributed by atoms with Crippen molar-refractivity contribution in [3.05, 3.63) is 109 Å². The van der Waals surface area contributed by atoms with Crippen molar-refractivity contribution in [3.63, 3.8) is 0 Å². The highest BCUT2D eigenvalue weighted by Crippen LogP contribution is 2.16. The molecule has 0 aromatic carbocycles. The smallest absolute Gasteiger partial charge is 0.306 e. The van der Waals surface area contributed by atoms with Gasteiger partial charge in [-0.2, -0.15) is 0 Å². The van der Waals surface area contributed by atoms with Crippen molar-refractivity contribution in [1.29, 1.82) is 0 Å². The topological polar surface area (TPSA) is 78.9 Å². The lowest BCUT2D eigenvalue weighted by atomic mass is 10.0. The fourth-order valence-corrected chi connectivity index (χ4v) is 8.60. The maximum atomic E-state index is 12.9. The van der Waals surface area contributed by atoms with Gasteiger partial charge in [-0.1, -0.05) is 259 Å². The third-order valence-corrected chi connectivity index (χ3v) is 13.2. The van der Waals surface area contributed by atoms with Gasteiger partial charge in [0.05, 0.1) is 0 Å². The van der Waals surface area contributed by atoms with E-state index in [1.54, 1.807) is 0 Å². The van der Waals surface area contributed by atoms with E-state index in [-0.39, 0.29) is 31.1 Å². The van der Waals surface area contributed by atoms with E-state index in [1.165, 1.54) is 116 Å². The van der Waals surface area contributed by atoms with Gasteiger partial charge in [0.1, 0.15) is 13.2 Å². The molecule has 0 radical (unpaired) electrons. The van der Waals surface area contributed by atoms with E-state index < -0.39 is 6.10 Å². The first-order chi connectivity index (χ1) is 37.0. The van der Waals surface area contributed by atoms with Crippen LogP contribution in [-0.2, 0) is 28.6 Å². The number of hydrogen-bond acceptors (Lipinski definition) is 6. The van der Waals surface area contributed by atoms with Crippen LogP contribution in [0.3, 0.4) is 0 Å². The Labute approximate surface area is 463 Å². The summed E-state index contributed by atoms with van der Waals surface area (Å²) in [7, 11) is 0. The van der Waals surface area contributed by atoms with Crippen LogP contribution in [0.1, 0.15) is 290 Å². The number of allylic oxidation sites excluding steroid dienone is 18. The highest BCUT2D eigenvalue weighted by molar-refractivity contribution is 5.71. The van der Waals surface area contributed by atoms with Gasteiger partial charge < -0.3 is 14.2 Å². The van der Waals surface area contributed by atoms with Gasteiger partial charge in [-0.3, -0.25) is 14.4 Å². The molecule has 6 heteroatoms. The molecule has 0 aromatic heterocycles. The molecule has 428 valence electrons. The molecule has 0 saturated carbocycles. The van der Waals surface area contributed by atoms with Crippen LogP contribution in [0.2, 0.25) is 0 Å².